The van der Waals surface area contributed by atoms with E-state index in [-0.39, 0.29) is 40.9 Å². The van der Waals surface area contributed by atoms with E-state index in [0.29, 0.717) is 0 Å². The van der Waals surface area contributed by atoms with Gasteiger partial charge >= 0.3 is 11.9 Å². The van der Waals surface area contributed by atoms with Gasteiger partial charge in [-0.25, -0.2) is 4.79 Å². The zero-order valence-corrected chi connectivity index (χ0v) is 31.9. The molecule has 0 aromatic carbocycles. The van der Waals surface area contributed by atoms with E-state index in [1.165, 1.54) is 28.5 Å². The Bertz CT molecular complexity index is 1160. The molecule has 0 aromatic rings. The lowest BCUT2D eigenvalue weighted by Crippen LogP contribution is -2.59. The highest BCUT2D eigenvalue weighted by molar-refractivity contribution is 8.77. The number of carbonyl (C=O) groups is 7. The minimum absolute atomic E-state index is 0.0383. The summed E-state index contributed by atoms with van der Waals surface area (Å²) in [6.45, 7) is 11.8. The molecule has 4 amide bonds. The monoisotopic (exact) mass is 770 g/mol. The lowest BCUT2D eigenvalue weighted by atomic mass is 10.0. The lowest BCUT2D eigenvalue weighted by molar-refractivity contribution is -0.142. The van der Waals surface area contributed by atoms with Crippen molar-refractivity contribution in [3.05, 3.63) is 0 Å². The van der Waals surface area contributed by atoms with E-state index in [2.05, 4.69) is 31.9 Å². The van der Waals surface area contributed by atoms with Crippen LogP contribution in [-0.4, -0.2) is 134 Å². The van der Waals surface area contributed by atoms with Crippen LogP contribution in [0.25, 0.3) is 0 Å². The number of amides is 4. The van der Waals surface area contributed by atoms with Crippen LogP contribution < -0.4 is 31.9 Å². The largest absolute Gasteiger partial charge is 0.481 e. The number of carboxylic acid groups (broad SMARTS) is 2. The molecular weight excluding hydrogens is 721 g/mol. The molecule has 1 rings (SSSR count). The Hall–Kier alpha value is -2.23. The van der Waals surface area contributed by atoms with Crippen LogP contribution in [0.5, 0.6) is 0 Å². The fourth-order valence-electron chi connectivity index (χ4n) is 4.29. The first kappa shape index (κ1) is 44.8. The number of Topliss-reactive ketones (excluding diaryl/α,β-unsaturated/α-hetero) is 1. The summed E-state index contributed by atoms with van der Waals surface area (Å²) in [4.78, 5) is 89.9. The number of ketones is 1. The molecule has 1 fully saturated rings. The van der Waals surface area contributed by atoms with Crippen molar-refractivity contribution in [2.24, 2.45) is 5.92 Å². The Labute approximate surface area is 302 Å². The van der Waals surface area contributed by atoms with Crippen LogP contribution in [0.1, 0.15) is 54.9 Å². The van der Waals surface area contributed by atoms with Crippen molar-refractivity contribution in [1.29, 1.82) is 0 Å². The molecule has 0 spiro atoms. The topological polar surface area (TPSA) is 252 Å². The van der Waals surface area contributed by atoms with Crippen molar-refractivity contribution in [1.82, 2.24) is 31.9 Å². The van der Waals surface area contributed by atoms with E-state index in [4.69, 9.17) is 0 Å². The summed E-state index contributed by atoms with van der Waals surface area (Å²) in [5.74, 6) is -6.55. The van der Waals surface area contributed by atoms with E-state index in [0.717, 1.165) is 21.6 Å². The van der Waals surface area contributed by atoms with Crippen molar-refractivity contribution in [2.45, 2.75) is 109 Å². The number of aliphatic hydroxyl groups is 1. The molecule has 0 aliphatic carbocycles. The van der Waals surface area contributed by atoms with Crippen molar-refractivity contribution in [3.63, 3.8) is 0 Å². The zero-order chi connectivity index (χ0) is 37.4. The molecule has 7 atom stereocenters. The predicted molar refractivity (Wildman–Crippen MR) is 193 cm³/mol. The normalized spacial score (nSPS) is 26.8. The molecule has 0 radical (unpaired) electrons. The third-order valence-corrected chi connectivity index (χ3v) is 11.6. The number of carbonyl (C=O) groups excluding carboxylic acids is 5. The standard InChI is InChI=1S/C29H50N6O10S4/c1-13(2)24(39)18-9-46-49-12-21(29(44)45)34-28(43)23(16(7)36)35-27(42)20(31-15(5)6)11-48-47-10-19(30-14(3)4)26(41)32-17(8-22(37)38)25(40)33-18/h13-21,23,30-31,36H,8-12H2,1-7H3,(H,32,41)(H,33,40)(H,34,43)(H,35,42)(H,37,38)(H,44,45)/t16-,17+,18+,19+,20+,21+,23+/m1/s1. The molecule has 16 nitrogen and oxygen atoms in total. The van der Waals surface area contributed by atoms with Gasteiger partial charge in [-0.05, 0) is 6.92 Å². The minimum atomic E-state index is -1.51. The summed E-state index contributed by atoms with van der Waals surface area (Å²) >= 11 is 0. The first-order chi connectivity index (χ1) is 22.8. The number of aliphatic carboxylic acids is 2. The number of carboxylic acids is 2. The van der Waals surface area contributed by atoms with Crippen LogP contribution in [0.2, 0.25) is 0 Å². The molecule has 1 aliphatic heterocycles. The zero-order valence-electron chi connectivity index (χ0n) is 28.6. The molecule has 0 aromatic heterocycles. The van der Waals surface area contributed by atoms with Gasteiger partial charge in [-0.1, -0.05) is 84.7 Å². The molecule has 0 saturated carbocycles. The molecule has 1 heterocycles. The maximum atomic E-state index is 13.4. The molecule has 0 bridgehead atoms. The molecule has 49 heavy (non-hydrogen) atoms. The number of hydrogen-bond donors (Lipinski definition) is 9. The van der Waals surface area contributed by atoms with Crippen LogP contribution >= 0.6 is 43.2 Å². The van der Waals surface area contributed by atoms with Crippen LogP contribution in [0.15, 0.2) is 0 Å². The predicted octanol–water partition coefficient (Wildman–Crippen LogP) is -0.400. The van der Waals surface area contributed by atoms with Gasteiger partial charge in [0, 0.05) is 41.0 Å². The Balaban J connectivity index is 3.48. The average molecular weight is 771 g/mol. The Morgan fingerprint density at radius 1 is 0.673 bits per heavy atom. The molecule has 20 heteroatoms. The van der Waals surface area contributed by atoms with Crippen molar-refractivity contribution in [2.75, 3.05) is 23.0 Å². The summed E-state index contributed by atoms with van der Waals surface area (Å²) in [5, 5.41) is 45.8. The summed E-state index contributed by atoms with van der Waals surface area (Å²) in [5.41, 5.74) is 0. The molecule has 0 unspecified atom stereocenters. The molecule has 1 saturated heterocycles. The van der Waals surface area contributed by atoms with Gasteiger partial charge < -0.3 is 47.2 Å². The summed E-state index contributed by atoms with van der Waals surface area (Å²) in [7, 11) is 4.52. The third kappa shape index (κ3) is 17.0. The van der Waals surface area contributed by atoms with Crippen LogP contribution in [-0.2, 0) is 33.6 Å². The highest BCUT2D eigenvalue weighted by atomic mass is 33.1. The highest BCUT2D eigenvalue weighted by Crippen LogP contribution is 2.25. The van der Waals surface area contributed by atoms with Gasteiger partial charge in [-0.15, -0.1) is 0 Å². The Kier molecular flexibility index (Phi) is 20.6. The van der Waals surface area contributed by atoms with Crippen LogP contribution in [0.3, 0.4) is 0 Å². The Morgan fingerprint density at radius 3 is 1.55 bits per heavy atom. The van der Waals surface area contributed by atoms with Gasteiger partial charge in [0.05, 0.1) is 30.7 Å². The fraction of sp³-hybridized carbons (Fsp3) is 0.759. The van der Waals surface area contributed by atoms with Gasteiger partial charge in [-0.3, -0.25) is 28.8 Å². The molecular formula is C29H50N6O10S4. The highest BCUT2D eigenvalue weighted by Gasteiger charge is 2.34. The van der Waals surface area contributed by atoms with E-state index < -0.39 is 90.3 Å². The van der Waals surface area contributed by atoms with Crippen molar-refractivity contribution >= 4 is 84.5 Å². The minimum Gasteiger partial charge on any atom is -0.481 e. The number of rotatable bonds is 10. The second kappa shape index (κ2) is 22.6. The molecule has 280 valence electrons. The van der Waals surface area contributed by atoms with Crippen LogP contribution in [0, 0.1) is 5.92 Å². The van der Waals surface area contributed by atoms with Gasteiger partial charge in [0.1, 0.15) is 18.1 Å². The SMILES string of the molecule is CC(C)N[C@H]1CSSC[C@H](NC(C)C)C(=O)N[C@@H]([C@@H](C)O)C(=O)N[C@H](C(=O)O)CSSC[C@@H](C(=O)C(C)C)NC(=O)[C@H](CC(=O)O)NC1=O. The first-order valence-electron chi connectivity index (χ1n) is 15.7. The molecule has 1 aliphatic rings. The fourth-order valence-corrected chi connectivity index (χ4v) is 8.98. The lowest BCUT2D eigenvalue weighted by Gasteiger charge is -2.27. The number of nitrogens with one attached hydrogen (secondary N) is 6. The first-order valence-corrected chi connectivity index (χ1v) is 20.7. The van der Waals surface area contributed by atoms with Gasteiger partial charge in [0.15, 0.2) is 5.78 Å². The van der Waals surface area contributed by atoms with E-state index in [9.17, 15) is 48.9 Å². The van der Waals surface area contributed by atoms with E-state index in [1.807, 2.05) is 27.7 Å². The second-order valence-electron chi connectivity index (χ2n) is 12.3. The second-order valence-corrected chi connectivity index (χ2v) is 17.4. The quantitative estimate of drug-likeness (QED) is 0.128. The van der Waals surface area contributed by atoms with Gasteiger partial charge in [0.2, 0.25) is 23.6 Å². The number of aliphatic hydroxyl groups excluding tert-OH is 1. The number of hydrogen-bond acceptors (Lipinski definition) is 14. The van der Waals surface area contributed by atoms with E-state index in [1.54, 1.807) is 13.8 Å². The van der Waals surface area contributed by atoms with Gasteiger partial charge in [-0.2, -0.15) is 0 Å². The summed E-state index contributed by atoms with van der Waals surface area (Å²) in [6, 6.07) is -7.55. The Morgan fingerprint density at radius 2 is 1.12 bits per heavy atom. The van der Waals surface area contributed by atoms with Crippen molar-refractivity contribution in [3.8, 4) is 0 Å². The maximum absolute atomic E-state index is 13.4. The molecule has 9 N–H and O–H groups in total. The van der Waals surface area contributed by atoms with E-state index >= 15 is 0 Å². The smallest absolute Gasteiger partial charge is 0.327 e. The van der Waals surface area contributed by atoms with Gasteiger partial charge in [0.25, 0.3) is 0 Å². The average Bonchev–Trinajstić information content (AvgIpc) is 2.98. The summed E-state index contributed by atoms with van der Waals surface area (Å²) in [6.07, 6.45) is -2.12. The van der Waals surface area contributed by atoms with Crippen LogP contribution in [0.4, 0.5) is 0 Å². The maximum Gasteiger partial charge on any atom is 0.327 e. The summed E-state index contributed by atoms with van der Waals surface area (Å²) < 4.78 is 0. The third-order valence-electron chi connectivity index (χ3n) is 6.73. The van der Waals surface area contributed by atoms with Crippen molar-refractivity contribution < 1.29 is 48.9 Å².